The van der Waals surface area contributed by atoms with Crippen LogP contribution in [0.1, 0.15) is 11.5 Å². The zero-order valence-corrected chi connectivity index (χ0v) is 9.11. The third-order valence-electron chi connectivity index (χ3n) is 2.22. The second kappa shape index (κ2) is 5.16. The van der Waals surface area contributed by atoms with Gasteiger partial charge in [-0.15, -0.1) is 5.10 Å². The van der Waals surface area contributed by atoms with Gasteiger partial charge in [-0.2, -0.15) is 4.68 Å². The highest BCUT2D eigenvalue weighted by Gasteiger charge is 2.06. The first kappa shape index (κ1) is 11.2. The second-order valence-corrected chi connectivity index (χ2v) is 3.49. The predicted octanol–water partition coefficient (Wildman–Crippen LogP) is 1.50. The summed E-state index contributed by atoms with van der Waals surface area (Å²) in [7, 11) is 0. The van der Waals surface area contributed by atoms with E-state index < -0.39 is 5.76 Å². The summed E-state index contributed by atoms with van der Waals surface area (Å²) < 4.78 is 6.18. The van der Waals surface area contributed by atoms with Gasteiger partial charge in [0, 0.05) is 6.42 Å². The minimum atomic E-state index is -0.491. The van der Waals surface area contributed by atoms with Crippen molar-refractivity contribution in [3.8, 4) is 0 Å². The molecular weight excluding hydrogens is 220 g/mol. The van der Waals surface area contributed by atoms with Crippen LogP contribution in [0.2, 0.25) is 0 Å². The summed E-state index contributed by atoms with van der Waals surface area (Å²) in [5, 5.41) is 12.5. The van der Waals surface area contributed by atoms with Crippen molar-refractivity contribution in [1.29, 1.82) is 0 Å². The second-order valence-electron chi connectivity index (χ2n) is 3.49. The number of aromatic nitrogens is 2. The Bertz CT molecular complexity index is 555. The fraction of sp³-hybridized carbons (Fsp3) is 0.167. The molecule has 2 rings (SSSR count). The van der Waals surface area contributed by atoms with Gasteiger partial charge in [-0.1, -0.05) is 30.3 Å². The van der Waals surface area contributed by atoms with Gasteiger partial charge in [0.15, 0.2) is 0 Å². The fourth-order valence-corrected chi connectivity index (χ4v) is 1.44. The molecule has 0 atom stereocenters. The van der Waals surface area contributed by atoms with Crippen molar-refractivity contribution in [3.63, 3.8) is 0 Å². The Morgan fingerprint density at radius 2 is 2.12 bits per heavy atom. The molecule has 5 nitrogen and oxygen atoms in total. The molecule has 0 unspecified atom stereocenters. The number of aliphatic hydroxyl groups excluding tert-OH is 1. The summed E-state index contributed by atoms with van der Waals surface area (Å²) in [4.78, 5) is 11.5. The normalized spacial score (nSPS) is 11.1. The smallest absolute Gasteiger partial charge is 0.437 e. The molecule has 0 aliphatic heterocycles. The summed E-state index contributed by atoms with van der Waals surface area (Å²) in [5.74, 6) is -0.202. The molecule has 88 valence electrons. The number of hydrogen-bond acceptors (Lipinski definition) is 4. The number of allylic oxidation sites excluding steroid dienone is 1. The number of nitrogens with zero attached hydrogens (tertiary/aromatic N) is 2. The molecule has 0 aliphatic carbocycles. The average molecular weight is 232 g/mol. The summed E-state index contributed by atoms with van der Waals surface area (Å²) >= 11 is 0. The molecule has 5 heteroatoms. The van der Waals surface area contributed by atoms with E-state index in [0.29, 0.717) is 13.0 Å². The molecule has 0 saturated carbocycles. The Kier molecular flexibility index (Phi) is 3.40. The molecule has 1 aromatic carbocycles. The van der Waals surface area contributed by atoms with Crippen molar-refractivity contribution < 1.29 is 9.52 Å². The van der Waals surface area contributed by atoms with Crippen LogP contribution in [-0.4, -0.2) is 14.9 Å². The van der Waals surface area contributed by atoms with Crippen LogP contribution in [0.25, 0.3) is 0 Å². The molecule has 2 aromatic rings. The SMILES string of the molecule is O=c1oc(CC=CO)nn1Cc1ccccc1. The van der Waals surface area contributed by atoms with Gasteiger partial charge in [0.05, 0.1) is 12.8 Å². The van der Waals surface area contributed by atoms with Crippen LogP contribution >= 0.6 is 0 Å². The third kappa shape index (κ3) is 2.84. The molecule has 17 heavy (non-hydrogen) atoms. The third-order valence-corrected chi connectivity index (χ3v) is 2.22. The maximum absolute atomic E-state index is 11.5. The van der Waals surface area contributed by atoms with E-state index in [2.05, 4.69) is 5.10 Å². The van der Waals surface area contributed by atoms with E-state index in [4.69, 9.17) is 9.52 Å². The first-order chi connectivity index (χ1) is 8.29. The molecular formula is C12H12N2O3. The molecule has 1 N–H and O–H groups in total. The van der Waals surface area contributed by atoms with E-state index in [1.807, 2.05) is 30.3 Å². The average Bonchev–Trinajstić information content (AvgIpc) is 2.69. The van der Waals surface area contributed by atoms with E-state index in [0.717, 1.165) is 11.8 Å². The maximum atomic E-state index is 11.5. The minimum absolute atomic E-state index is 0.288. The molecule has 1 heterocycles. The van der Waals surface area contributed by atoms with Crippen molar-refractivity contribution >= 4 is 0 Å². The molecule has 0 spiro atoms. The fourth-order valence-electron chi connectivity index (χ4n) is 1.44. The number of benzene rings is 1. The van der Waals surface area contributed by atoms with Crippen LogP contribution in [0.4, 0.5) is 0 Å². The predicted molar refractivity (Wildman–Crippen MR) is 61.8 cm³/mol. The number of rotatable bonds is 4. The Morgan fingerprint density at radius 1 is 1.35 bits per heavy atom. The van der Waals surface area contributed by atoms with Crippen molar-refractivity contribution in [3.05, 3.63) is 64.7 Å². The van der Waals surface area contributed by atoms with Gasteiger partial charge in [0.1, 0.15) is 0 Å². The molecule has 0 radical (unpaired) electrons. The highest BCUT2D eigenvalue weighted by atomic mass is 16.4. The lowest BCUT2D eigenvalue weighted by Crippen LogP contribution is -2.16. The monoisotopic (exact) mass is 232 g/mol. The van der Waals surface area contributed by atoms with Gasteiger partial charge in [-0.05, 0) is 11.6 Å². The van der Waals surface area contributed by atoms with E-state index in [1.165, 1.54) is 10.8 Å². The summed E-state index contributed by atoms with van der Waals surface area (Å²) in [6.45, 7) is 0.381. The van der Waals surface area contributed by atoms with E-state index in [-0.39, 0.29) is 5.89 Å². The van der Waals surface area contributed by atoms with Crippen LogP contribution in [0.5, 0.6) is 0 Å². The Labute approximate surface area is 97.6 Å². The molecule has 0 bridgehead atoms. The van der Waals surface area contributed by atoms with Crippen LogP contribution < -0.4 is 5.76 Å². The Hall–Kier alpha value is -2.30. The Morgan fingerprint density at radius 3 is 2.82 bits per heavy atom. The van der Waals surface area contributed by atoms with Crippen molar-refractivity contribution in [2.24, 2.45) is 0 Å². The van der Waals surface area contributed by atoms with Gasteiger partial charge < -0.3 is 9.52 Å². The summed E-state index contributed by atoms with van der Waals surface area (Å²) in [6, 6.07) is 9.53. The quantitative estimate of drug-likeness (QED) is 0.811. The molecule has 0 amide bonds. The first-order valence-corrected chi connectivity index (χ1v) is 5.19. The van der Waals surface area contributed by atoms with E-state index in [9.17, 15) is 4.79 Å². The lowest BCUT2D eigenvalue weighted by Gasteiger charge is -1.97. The topological polar surface area (TPSA) is 68.3 Å². The van der Waals surface area contributed by atoms with Crippen molar-refractivity contribution in [1.82, 2.24) is 9.78 Å². The van der Waals surface area contributed by atoms with Gasteiger partial charge in [-0.3, -0.25) is 0 Å². The molecule has 0 saturated heterocycles. The number of aliphatic hydroxyl groups is 1. The highest BCUT2D eigenvalue weighted by molar-refractivity contribution is 5.14. The number of hydrogen-bond donors (Lipinski definition) is 1. The molecule has 0 aliphatic rings. The van der Waals surface area contributed by atoms with Gasteiger partial charge >= 0.3 is 5.76 Å². The lowest BCUT2D eigenvalue weighted by molar-refractivity contribution is 0.451. The van der Waals surface area contributed by atoms with E-state index >= 15 is 0 Å². The highest BCUT2D eigenvalue weighted by Crippen LogP contribution is 2.01. The van der Waals surface area contributed by atoms with Gasteiger partial charge in [0.25, 0.3) is 0 Å². The summed E-state index contributed by atoms with van der Waals surface area (Å²) in [6.07, 6.45) is 2.65. The zero-order valence-electron chi connectivity index (χ0n) is 9.11. The van der Waals surface area contributed by atoms with Crippen LogP contribution in [-0.2, 0) is 13.0 Å². The molecule has 0 fully saturated rings. The first-order valence-electron chi connectivity index (χ1n) is 5.19. The molecule has 1 aromatic heterocycles. The van der Waals surface area contributed by atoms with Crippen LogP contribution in [0.15, 0.2) is 51.9 Å². The van der Waals surface area contributed by atoms with Crippen LogP contribution in [0.3, 0.4) is 0 Å². The maximum Gasteiger partial charge on any atom is 0.437 e. The van der Waals surface area contributed by atoms with Crippen LogP contribution in [0, 0.1) is 0 Å². The van der Waals surface area contributed by atoms with Crippen molar-refractivity contribution in [2.45, 2.75) is 13.0 Å². The largest absolute Gasteiger partial charge is 0.516 e. The summed E-state index contributed by atoms with van der Waals surface area (Å²) in [5.41, 5.74) is 0.979. The van der Waals surface area contributed by atoms with E-state index in [1.54, 1.807) is 0 Å². The van der Waals surface area contributed by atoms with Gasteiger partial charge in [-0.25, -0.2) is 4.79 Å². The lowest BCUT2D eigenvalue weighted by atomic mass is 10.2. The minimum Gasteiger partial charge on any atom is -0.516 e. The zero-order chi connectivity index (χ0) is 12.1. The van der Waals surface area contributed by atoms with Gasteiger partial charge in [0.2, 0.25) is 5.89 Å². The van der Waals surface area contributed by atoms with Crippen molar-refractivity contribution in [2.75, 3.05) is 0 Å². The Balaban J connectivity index is 2.16. The standard InChI is InChI=1S/C12H12N2O3/c15-8-4-7-11-13-14(12(16)17-11)9-10-5-2-1-3-6-10/h1-6,8,15H,7,9H2.